The van der Waals surface area contributed by atoms with Crippen molar-refractivity contribution in [3.05, 3.63) is 66.0 Å². The van der Waals surface area contributed by atoms with Gasteiger partial charge in [0.05, 0.1) is 17.1 Å². The van der Waals surface area contributed by atoms with Gasteiger partial charge in [-0.25, -0.2) is 4.98 Å². The van der Waals surface area contributed by atoms with E-state index in [4.69, 9.17) is 4.98 Å². The number of aryl methyl sites for hydroxylation is 1. The molecule has 1 saturated carbocycles. The van der Waals surface area contributed by atoms with Gasteiger partial charge in [0.1, 0.15) is 5.82 Å². The zero-order chi connectivity index (χ0) is 23.1. The summed E-state index contributed by atoms with van der Waals surface area (Å²) in [6, 6.07) is 21.0. The molecule has 3 unspecified atom stereocenters. The van der Waals surface area contributed by atoms with Gasteiger partial charge in [-0.1, -0.05) is 48.9 Å². The SMILES string of the molecule is Cc1nc2ccccc2n1C1CC2CCC(C1)N2CCC(NC(=O)C1CCC1)c1ccccc1. The Morgan fingerprint density at radius 2 is 1.68 bits per heavy atom. The van der Waals surface area contributed by atoms with E-state index in [9.17, 15) is 4.79 Å². The first-order valence-corrected chi connectivity index (χ1v) is 13.2. The summed E-state index contributed by atoms with van der Waals surface area (Å²) in [5.41, 5.74) is 3.63. The van der Waals surface area contributed by atoms with Crippen molar-refractivity contribution in [2.45, 2.75) is 82.5 Å². The molecule has 2 aliphatic heterocycles. The Morgan fingerprint density at radius 3 is 2.38 bits per heavy atom. The van der Waals surface area contributed by atoms with Crippen molar-refractivity contribution in [3.8, 4) is 0 Å². The number of piperidine rings is 1. The highest BCUT2D eigenvalue weighted by Crippen LogP contribution is 2.42. The molecule has 1 N–H and O–H groups in total. The maximum absolute atomic E-state index is 12.8. The number of para-hydroxylation sites is 2. The van der Waals surface area contributed by atoms with Crippen molar-refractivity contribution >= 4 is 16.9 Å². The van der Waals surface area contributed by atoms with Gasteiger partial charge >= 0.3 is 0 Å². The molecule has 3 atom stereocenters. The highest BCUT2D eigenvalue weighted by molar-refractivity contribution is 5.79. The van der Waals surface area contributed by atoms with Gasteiger partial charge in [0, 0.05) is 30.6 Å². The van der Waals surface area contributed by atoms with Gasteiger partial charge in [0.15, 0.2) is 0 Å². The average Bonchev–Trinajstić information content (AvgIpc) is 3.26. The van der Waals surface area contributed by atoms with E-state index in [0.717, 1.165) is 37.1 Å². The van der Waals surface area contributed by atoms with Crippen molar-refractivity contribution in [1.29, 1.82) is 0 Å². The molecule has 5 nitrogen and oxygen atoms in total. The molecule has 3 fully saturated rings. The van der Waals surface area contributed by atoms with Gasteiger partial charge in [-0.3, -0.25) is 9.69 Å². The zero-order valence-electron chi connectivity index (χ0n) is 20.2. The molecular weight excluding hydrogens is 420 g/mol. The molecule has 2 aromatic carbocycles. The van der Waals surface area contributed by atoms with Gasteiger partial charge in [0.2, 0.25) is 5.91 Å². The Labute approximate surface area is 202 Å². The van der Waals surface area contributed by atoms with Crippen LogP contribution in [0.5, 0.6) is 0 Å². The first-order chi connectivity index (χ1) is 16.7. The van der Waals surface area contributed by atoms with E-state index < -0.39 is 0 Å². The third-order valence-corrected chi connectivity index (χ3v) is 8.67. The van der Waals surface area contributed by atoms with Crippen LogP contribution in [-0.2, 0) is 4.79 Å². The number of rotatable bonds is 7. The molecule has 6 rings (SSSR count). The first-order valence-electron chi connectivity index (χ1n) is 13.2. The second-order valence-corrected chi connectivity index (χ2v) is 10.7. The number of hydrogen-bond donors (Lipinski definition) is 1. The van der Waals surface area contributed by atoms with Crippen molar-refractivity contribution in [2.24, 2.45) is 5.92 Å². The third-order valence-electron chi connectivity index (χ3n) is 8.67. The largest absolute Gasteiger partial charge is 0.349 e. The molecule has 3 aromatic rings. The standard InChI is InChI=1S/C29H36N4O/c1-20-30-27-12-5-6-13-28(27)33(20)25-18-23-14-15-24(19-25)32(23)17-16-26(21-8-3-2-4-9-21)31-29(34)22-10-7-11-22/h2-6,8-9,12-13,22-26H,7,10-11,14-19H2,1H3,(H,31,34). The van der Waals surface area contributed by atoms with Gasteiger partial charge in [0.25, 0.3) is 0 Å². The van der Waals surface area contributed by atoms with Crippen molar-refractivity contribution in [2.75, 3.05) is 6.54 Å². The summed E-state index contributed by atoms with van der Waals surface area (Å²) in [5, 5.41) is 3.41. The van der Waals surface area contributed by atoms with E-state index >= 15 is 0 Å². The van der Waals surface area contributed by atoms with Gasteiger partial charge in [-0.15, -0.1) is 0 Å². The number of fused-ring (bicyclic) bond motifs is 3. The summed E-state index contributed by atoms with van der Waals surface area (Å²) in [4.78, 5) is 20.4. The van der Waals surface area contributed by atoms with Crippen molar-refractivity contribution < 1.29 is 4.79 Å². The molecule has 5 heteroatoms. The molecular formula is C29H36N4O. The van der Waals surface area contributed by atoms with Crippen LogP contribution in [0.25, 0.3) is 11.0 Å². The molecule has 1 amide bonds. The van der Waals surface area contributed by atoms with Crippen molar-refractivity contribution in [3.63, 3.8) is 0 Å². The molecule has 34 heavy (non-hydrogen) atoms. The van der Waals surface area contributed by atoms with Gasteiger partial charge in [-0.2, -0.15) is 0 Å². The quantitative estimate of drug-likeness (QED) is 0.506. The molecule has 178 valence electrons. The Morgan fingerprint density at radius 1 is 0.971 bits per heavy atom. The molecule has 0 spiro atoms. The minimum absolute atomic E-state index is 0.103. The van der Waals surface area contributed by atoms with E-state index in [-0.39, 0.29) is 17.9 Å². The lowest BCUT2D eigenvalue weighted by molar-refractivity contribution is -0.128. The Kier molecular flexibility index (Phi) is 5.90. The number of nitrogens with zero attached hydrogens (tertiary/aromatic N) is 3. The van der Waals surface area contributed by atoms with Gasteiger partial charge < -0.3 is 9.88 Å². The van der Waals surface area contributed by atoms with E-state index in [1.54, 1.807) is 0 Å². The Hall–Kier alpha value is -2.66. The zero-order valence-corrected chi connectivity index (χ0v) is 20.2. The molecule has 0 radical (unpaired) electrons. The molecule has 2 saturated heterocycles. The third kappa shape index (κ3) is 4.04. The second kappa shape index (κ2) is 9.18. The predicted molar refractivity (Wildman–Crippen MR) is 136 cm³/mol. The summed E-state index contributed by atoms with van der Waals surface area (Å²) >= 11 is 0. The topological polar surface area (TPSA) is 50.2 Å². The van der Waals surface area contributed by atoms with Crippen LogP contribution in [0.2, 0.25) is 0 Å². The molecule has 1 aliphatic carbocycles. The molecule has 2 bridgehead atoms. The lowest BCUT2D eigenvalue weighted by Crippen LogP contribution is -2.45. The van der Waals surface area contributed by atoms with Crippen LogP contribution in [0, 0.1) is 12.8 Å². The number of amides is 1. The fourth-order valence-electron chi connectivity index (χ4n) is 6.69. The second-order valence-electron chi connectivity index (χ2n) is 10.7. The smallest absolute Gasteiger partial charge is 0.223 e. The monoisotopic (exact) mass is 456 g/mol. The number of aromatic nitrogens is 2. The minimum Gasteiger partial charge on any atom is -0.349 e. The summed E-state index contributed by atoms with van der Waals surface area (Å²) in [5.74, 6) is 1.62. The van der Waals surface area contributed by atoms with E-state index in [2.05, 4.69) is 76.3 Å². The lowest BCUT2D eigenvalue weighted by atomic mass is 9.84. The Balaban J connectivity index is 1.15. The van der Waals surface area contributed by atoms with E-state index in [1.165, 1.54) is 43.2 Å². The van der Waals surface area contributed by atoms with Crippen LogP contribution in [0.3, 0.4) is 0 Å². The van der Waals surface area contributed by atoms with Crippen LogP contribution in [0.1, 0.15) is 74.8 Å². The summed E-state index contributed by atoms with van der Waals surface area (Å²) in [7, 11) is 0. The predicted octanol–water partition coefficient (Wildman–Crippen LogP) is 5.56. The van der Waals surface area contributed by atoms with Crippen LogP contribution < -0.4 is 5.32 Å². The summed E-state index contributed by atoms with van der Waals surface area (Å²) < 4.78 is 2.50. The first kappa shape index (κ1) is 21.8. The molecule has 3 aliphatic rings. The highest BCUT2D eigenvalue weighted by Gasteiger charge is 2.42. The average molecular weight is 457 g/mol. The fourth-order valence-corrected chi connectivity index (χ4v) is 6.69. The number of imidazole rings is 1. The number of nitrogens with one attached hydrogen (secondary N) is 1. The molecule has 1 aromatic heterocycles. The number of carbonyl (C=O) groups excluding carboxylic acids is 1. The maximum Gasteiger partial charge on any atom is 0.223 e. The van der Waals surface area contributed by atoms with Crippen LogP contribution in [0.15, 0.2) is 54.6 Å². The van der Waals surface area contributed by atoms with Gasteiger partial charge in [-0.05, 0) is 69.6 Å². The normalized spacial score (nSPS) is 25.9. The Bertz CT molecular complexity index is 1140. The van der Waals surface area contributed by atoms with Crippen LogP contribution in [-0.4, -0.2) is 39.0 Å². The van der Waals surface area contributed by atoms with E-state index in [1.807, 2.05) is 0 Å². The van der Waals surface area contributed by atoms with Crippen molar-refractivity contribution in [1.82, 2.24) is 19.8 Å². The van der Waals surface area contributed by atoms with Crippen LogP contribution in [0.4, 0.5) is 0 Å². The fraction of sp³-hybridized carbons (Fsp3) is 0.517. The minimum atomic E-state index is 0.103. The number of carbonyl (C=O) groups is 1. The molecule has 3 heterocycles. The number of benzene rings is 2. The van der Waals surface area contributed by atoms with E-state index in [0.29, 0.717) is 18.1 Å². The highest BCUT2D eigenvalue weighted by atomic mass is 16.2. The lowest BCUT2D eigenvalue weighted by Gasteiger charge is -2.40. The maximum atomic E-state index is 12.8. The summed E-state index contributed by atoms with van der Waals surface area (Å²) in [6.07, 6.45) is 9.24. The number of hydrogen-bond acceptors (Lipinski definition) is 3. The summed E-state index contributed by atoms with van der Waals surface area (Å²) in [6.45, 7) is 3.21. The van der Waals surface area contributed by atoms with Crippen LogP contribution >= 0.6 is 0 Å².